The van der Waals surface area contributed by atoms with Crippen molar-refractivity contribution in [2.24, 2.45) is 4.99 Å². The Bertz CT molecular complexity index is 376. The lowest BCUT2D eigenvalue weighted by atomic mass is 9.99. The Morgan fingerprint density at radius 3 is 2.72 bits per heavy atom. The monoisotopic (exact) mass is 487 g/mol. The van der Waals surface area contributed by atoms with Crippen LogP contribution < -0.4 is 10.6 Å². The van der Waals surface area contributed by atoms with Crippen molar-refractivity contribution in [3.05, 3.63) is 0 Å². The Morgan fingerprint density at radius 2 is 2.08 bits per heavy atom. The number of hydrogen-bond acceptors (Lipinski definition) is 5. The molecule has 2 fully saturated rings. The first-order chi connectivity index (χ1) is 11.8. The summed E-state index contributed by atoms with van der Waals surface area (Å²) >= 11 is 1.94. The van der Waals surface area contributed by atoms with Crippen molar-refractivity contribution in [2.75, 3.05) is 59.4 Å². The molecule has 1 unspecified atom stereocenters. The number of rotatable bonds is 9. The third-order valence-electron chi connectivity index (χ3n) is 4.72. The van der Waals surface area contributed by atoms with Gasteiger partial charge in [0.2, 0.25) is 0 Å². The van der Waals surface area contributed by atoms with Gasteiger partial charge in [-0.15, -0.1) is 24.0 Å². The summed E-state index contributed by atoms with van der Waals surface area (Å²) in [7, 11) is 1.82. The van der Waals surface area contributed by atoms with E-state index < -0.39 is 0 Å². The Kier molecular flexibility index (Phi) is 12.5. The number of ether oxygens (including phenoxy) is 3. The molecule has 2 saturated heterocycles. The van der Waals surface area contributed by atoms with Crippen LogP contribution in [0.2, 0.25) is 0 Å². The van der Waals surface area contributed by atoms with Gasteiger partial charge in [0.25, 0.3) is 0 Å². The van der Waals surface area contributed by atoms with Crippen molar-refractivity contribution < 1.29 is 14.2 Å². The molecule has 2 N–H and O–H groups in total. The first kappa shape index (κ1) is 23.3. The van der Waals surface area contributed by atoms with Gasteiger partial charge in [-0.25, -0.2) is 0 Å². The van der Waals surface area contributed by atoms with Crippen LogP contribution in [-0.2, 0) is 14.2 Å². The predicted molar refractivity (Wildman–Crippen MR) is 115 cm³/mol. The van der Waals surface area contributed by atoms with Crippen LogP contribution in [0.15, 0.2) is 4.99 Å². The maximum atomic E-state index is 5.68. The third kappa shape index (κ3) is 8.64. The van der Waals surface area contributed by atoms with Crippen molar-refractivity contribution in [1.29, 1.82) is 0 Å². The second-order valence-corrected chi connectivity index (χ2v) is 7.69. The zero-order valence-electron chi connectivity index (χ0n) is 15.6. The first-order valence-corrected chi connectivity index (χ1v) is 10.3. The van der Waals surface area contributed by atoms with E-state index in [4.69, 9.17) is 14.2 Å². The lowest BCUT2D eigenvalue weighted by Crippen LogP contribution is -2.48. The van der Waals surface area contributed by atoms with Gasteiger partial charge in [0.15, 0.2) is 5.96 Å². The predicted octanol–water partition coefficient (Wildman–Crippen LogP) is 2.27. The van der Waals surface area contributed by atoms with Crippen LogP contribution in [0.1, 0.15) is 32.1 Å². The van der Waals surface area contributed by atoms with Crippen LogP contribution in [0.5, 0.6) is 0 Å². The largest absolute Gasteiger partial charge is 0.381 e. The molecular formula is C17H34IN3O3S. The Morgan fingerprint density at radius 1 is 1.28 bits per heavy atom. The quantitative estimate of drug-likeness (QED) is 0.225. The standard InChI is InChI=1S/C17H33N3O3S.HI/c1-18-16(20-14-17(24-2)6-11-21-12-7-17)19-8-4-9-22-13-15-5-3-10-23-15;/h15H,3-14H2,1-2H3,(H2,18,19,20);1H. The van der Waals surface area contributed by atoms with Gasteiger partial charge in [-0.2, -0.15) is 11.8 Å². The summed E-state index contributed by atoms with van der Waals surface area (Å²) in [5.41, 5.74) is 0. The van der Waals surface area contributed by atoms with Gasteiger partial charge in [0.1, 0.15) is 0 Å². The van der Waals surface area contributed by atoms with Crippen molar-refractivity contribution in [2.45, 2.75) is 43.0 Å². The normalized spacial score (nSPS) is 23.1. The van der Waals surface area contributed by atoms with Crippen molar-refractivity contribution >= 4 is 41.7 Å². The van der Waals surface area contributed by atoms with E-state index in [1.807, 2.05) is 18.8 Å². The molecular weight excluding hydrogens is 453 g/mol. The van der Waals surface area contributed by atoms with Gasteiger partial charge in [-0.1, -0.05) is 0 Å². The smallest absolute Gasteiger partial charge is 0.191 e. The van der Waals surface area contributed by atoms with E-state index >= 15 is 0 Å². The van der Waals surface area contributed by atoms with Gasteiger partial charge in [0, 0.05) is 51.3 Å². The molecule has 0 aromatic heterocycles. The maximum absolute atomic E-state index is 5.68. The SMILES string of the molecule is CN=C(NCCCOCC1CCCO1)NCC1(SC)CCOCC1.I. The highest BCUT2D eigenvalue weighted by atomic mass is 127. The summed E-state index contributed by atoms with van der Waals surface area (Å²) in [6, 6.07) is 0. The first-order valence-electron chi connectivity index (χ1n) is 9.05. The topological polar surface area (TPSA) is 64.1 Å². The van der Waals surface area contributed by atoms with E-state index in [1.165, 1.54) is 6.42 Å². The highest BCUT2D eigenvalue weighted by molar-refractivity contribution is 14.0. The lowest BCUT2D eigenvalue weighted by Gasteiger charge is -2.36. The van der Waals surface area contributed by atoms with Crippen LogP contribution in [0.25, 0.3) is 0 Å². The molecule has 1 atom stereocenters. The number of halogens is 1. The number of aliphatic imine (C=N–C) groups is 1. The van der Waals surface area contributed by atoms with Crippen LogP contribution >= 0.6 is 35.7 Å². The second kappa shape index (κ2) is 13.4. The van der Waals surface area contributed by atoms with Crippen molar-refractivity contribution in [3.8, 4) is 0 Å². The zero-order valence-corrected chi connectivity index (χ0v) is 18.7. The second-order valence-electron chi connectivity index (χ2n) is 6.42. The Hall–Kier alpha value is 0.230. The van der Waals surface area contributed by atoms with Crippen LogP contribution in [0.3, 0.4) is 0 Å². The summed E-state index contributed by atoms with van der Waals surface area (Å²) < 4.78 is 17.0. The van der Waals surface area contributed by atoms with E-state index in [0.29, 0.717) is 6.10 Å². The summed E-state index contributed by atoms with van der Waals surface area (Å²) in [6.45, 7) is 5.88. The Labute approximate surface area is 173 Å². The third-order valence-corrected chi connectivity index (χ3v) is 6.14. The average molecular weight is 487 g/mol. The van der Waals surface area contributed by atoms with E-state index in [0.717, 1.165) is 77.8 Å². The fourth-order valence-corrected chi connectivity index (χ4v) is 3.82. The number of nitrogens with zero attached hydrogens (tertiary/aromatic N) is 1. The number of thioether (sulfide) groups is 1. The molecule has 25 heavy (non-hydrogen) atoms. The molecule has 148 valence electrons. The molecule has 0 saturated carbocycles. The number of hydrogen-bond donors (Lipinski definition) is 2. The maximum Gasteiger partial charge on any atom is 0.191 e. The molecule has 0 amide bonds. The van der Waals surface area contributed by atoms with E-state index in [2.05, 4.69) is 21.9 Å². The Balaban J connectivity index is 0.00000312. The molecule has 2 aliphatic heterocycles. The molecule has 6 nitrogen and oxygen atoms in total. The summed E-state index contributed by atoms with van der Waals surface area (Å²) in [5, 5.41) is 6.83. The molecule has 2 aliphatic rings. The molecule has 0 aromatic rings. The minimum Gasteiger partial charge on any atom is -0.381 e. The van der Waals surface area contributed by atoms with Gasteiger partial charge < -0.3 is 24.8 Å². The number of guanidine groups is 1. The van der Waals surface area contributed by atoms with E-state index in [-0.39, 0.29) is 28.7 Å². The van der Waals surface area contributed by atoms with Crippen LogP contribution in [0.4, 0.5) is 0 Å². The molecule has 0 radical (unpaired) electrons. The molecule has 0 bridgehead atoms. The highest BCUT2D eigenvalue weighted by Gasteiger charge is 2.31. The van der Waals surface area contributed by atoms with Crippen molar-refractivity contribution in [1.82, 2.24) is 10.6 Å². The van der Waals surface area contributed by atoms with Crippen LogP contribution in [0, 0.1) is 0 Å². The molecule has 8 heteroatoms. The summed E-state index contributed by atoms with van der Waals surface area (Å²) in [4.78, 5) is 4.31. The van der Waals surface area contributed by atoms with Gasteiger partial charge in [-0.3, -0.25) is 4.99 Å². The molecule has 0 spiro atoms. The van der Waals surface area contributed by atoms with Gasteiger partial charge in [0.05, 0.1) is 12.7 Å². The molecule has 2 rings (SSSR count). The van der Waals surface area contributed by atoms with E-state index in [9.17, 15) is 0 Å². The lowest BCUT2D eigenvalue weighted by molar-refractivity contribution is 0.0168. The summed E-state index contributed by atoms with van der Waals surface area (Å²) in [6.07, 6.45) is 7.96. The minimum atomic E-state index is 0. The molecule has 2 heterocycles. The van der Waals surface area contributed by atoms with Crippen molar-refractivity contribution in [3.63, 3.8) is 0 Å². The van der Waals surface area contributed by atoms with Crippen LogP contribution in [-0.4, -0.2) is 76.2 Å². The highest BCUT2D eigenvalue weighted by Crippen LogP contribution is 2.32. The number of nitrogens with one attached hydrogen (secondary N) is 2. The fraction of sp³-hybridized carbons (Fsp3) is 0.941. The van der Waals surface area contributed by atoms with Gasteiger partial charge >= 0.3 is 0 Å². The van der Waals surface area contributed by atoms with E-state index in [1.54, 1.807) is 0 Å². The summed E-state index contributed by atoms with van der Waals surface area (Å²) in [5.74, 6) is 0.869. The zero-order chi connectivity index (χ0) is 17.1. The van der Waals surface area contributed by atoms with Gasteiger partial charge in [-0.05, 0) is 38.4 Å². The molecule has 0 aliphatic carbocycles. The minimum absolute atomic E-state index is 0. The fourth-order valence-electron chi connectivity index (χ4n) is 3.03. The molecule has 0 aromatic carbocycles. The average Bonchev–Trinajstić information content (AvgIpc) is 3.14.